The minimum absolute atomic E-state index is 0.0937. The van der Waals surface area contributed by atoms with Crippen molar-refractivity contribution < 1.29 is 32.8 Å². The molecule has 0 saturated heterocycles. The first-order chi connectivity index (χ1) is 21.4. The van der Waals surface area contributed by atoms with E-state index in [1.165, 1.54) is 116 Å². The number of carbonyl (C=O) groups excluding carboxylic acids is 1. The van der Waals surface area contributed by atoms with Crippen molar-refractivity contribution in [1.29, 1.82) is 0 Å². The highest BCUT2D eigenvalue weighted by molar-refractivity contribution is 7.47. The van der Waals surface area contributed by atoms with Gasteiger partial charge in [0.05, 0.1) is 19.8 Å². The fourth-order valence-electron chi connectivity index (χ4n) is 4.99. The molecule has 0 rings (SSSR count). The molecule has 0 aromatic carbocycles. The van der Waals surface area contributed by atoms with Gasteiger partial charge in [-0.05, 0) is 38.5 Å². The molecule has 0 aliphatic heterocycles. The number of unbranched alkanes of at least 4 members (excludes halogenated alkanes) is 20. The molecule has 0 saturated carbocycles. The average Bonchev–Trinajstić information content (AvgIpc) is 3.01. The van der Waals surface area contributed by atoms with Crippen LogP contribution in [0.1, 0.15) is 168 Å². The largest absolute Gasteiger partial charge is 0.472 e. The number of hydrogen-bond donors (Lipinski definition) is 2. The maximum Gasteiger partial charge on any atom is 0.472 e. The van der Waals surface area contributed by atoms with Gasteiger partial charge in [0.25, 0.3) is 0 Å². The summed E-state index contributed by atoms with van der Waals surface area (Å²) in [6.45, 7) is 4.86. The zero-order valence-electron chi connectivity index (χ0n) is 28.7. The first-order valence-electron chi connectivity index (χ1n) is 18.2. The van der Waals surface area contributed by atoms with E-state index in [-0.39, 0.29) is 32.3 Å². The van der Waals surface area contributed by atoms with Gasteiger partial charge in [0.1, 0.15) is 6.10 Å². The Morgan fingerprint density at radius 2 is 1.14 bits per heavy atom. The van der Waals surface area contributed by atoms with Gasteiger partial charge < -0.3 is 20.1 Å². The Bertz CT molecular complexity index is 692. The van der Waals surface area contributed by atoms with Crippen molar-refractivity contribution in [3.8, 4) is 0 Å². The number of allylic oxidation sites excluding steroid dienone is 2. The molecular weight excluding hydrogens is 577 g/mol. The third kappa shape index (κ3) is 32.6. The molecule has 0 aliphatic rings. The molecule has 262 valence electrons. The number of nitrogens with two attached hydrogens (primary N) is 1. The maximum atomic E-state index is 12.3. The molecule has 3 N–H and O–H groups in total. The number of phosphoric acid groups is 1. The third-order valence-electron chi connectivity index (χ3n) is 7.68. The van der Waals surface area contributed by atoms with Gasteiger partial charge in [-0.1, -0.05) is 135 Å². The fourth-order valence-corrected chi connectivity index (χ4v) is 5.76. The molecule has 8 nitrogen and oxygen atoms in total. The third-order valence-corrected chi connectivity index (χ3v) is 8.67. The van der Waals surface area contributed by atoms with Gasteiger partial charge in [-0.15, -0.1) is 0 Å². The van der Waals surface area contributed by atoms with Crippen LogP contribution in [0, 0.1) is 0 Å². The minimum Gasteiger partial charge on any atom is -0.457 e. The number of phosphoric ester groups is 1. The van der Waals surface area contributed by atoms with Crippen molar-refractivity contribution in [3.05, 3.63) is 12.2 Å². The van der Waals surface area contributed by atoms with Crippen LogP contribution in [-0.4, -0.2) is 49.9 Å². The van der Waals surface area contributed by atoms with Gasteiger partial charge in [0.15, 0.2) is 0 Å². The van der Waals surface area contributed by atoms with E-state index in [0.29, 0.717) is 13.0 Å². The van der Waals surface area contributed by atoms with Crippen molar-refractivity contribution in [2.45, 2.75) is 174 Å². The predicted octanol–water partition coefficient (Wildman–Crippen LogP) is 9.97. The zero-order valence-corrected chi connectivity index (χ0v) is 29.6. The van der Waals surface area contributed by atoms with Crippen molar-refractivity contribution in [2.75, 3.05) is 33.0 Å². The van der Waals surface area contributed by atoms with Crippen molar-refractivity contribution in [2.24, 2.45) is 5.73 Å². The van der Waals surface area contributed by atoms with Crippen LogP contribution >= 0.6 is 7.82 Å². The van der Waals surface area contributed by atoms with Gasteiger partial charge in [-0.25, -0.2) is 4.57 Å². The van der Waals surface area contributed by atoms with E-state index in [2.05, 4.69) is 26.0 Å². The summed E-state index contributed by atoms with van der Waals surface area (Å²) < 4.78 is 33.1. The lowest BCUT2D eigenvalue weighted by atomic mass is 10.1. The zero-order chi connectivity index (χ0) is 32.4. The molecular formula is C35H70NO7P. The van der Waals surface area contributed by atoms with Crippen molar-refractivity contribution in [1.82, 2.24) is 0 Å². The molecule has 0 aromatic rings. The van der Waals surface area contributed by atoms with Crippen LogP contribution in [0.2, 0.25) is 0 Å². The van der Waals surface area contributed by atoms with Gasteiger partial charge in [-0.2, -0.15) is 0 Å². The summed E-state index contributed by atoms with van der Waals surface area (Å²) in [5, 5.41) is 0. The van der Waals surface area contributed by atoms with E-state index in [0.717, 1.165) is 32.1 Å². The second kappa shape index (κ2) is 33.6. The fraction of sp³-hybridized carbons (Fsp3) is 0.914. The Kier molecular flexibility index (Phi) is 33.0. The topological polar surface area (TPSA) is 117 Å². The summed E-state index contributed by atoms with van der Waals surface area (Å²) in [7, 11) is -4.25. The predicted molar refractivity (Wildman–Crippen MR) is 183 cm³/mol. The number of hydrogen-bond acceptors (Lipinski definition) is 7. The molecule has 0 heterocycles. The Balaban J connectivity index is 3.92. The van der Waals surface area contributed by atoms with Gasteiger partial charge in [0.2, 0.25) is 0 Å². The van der Waals surface area contributed by atoms with Crippen LogP contribution in [0.4, 0.5) is 0 Å². The van der Waals surface area contributed by atoms with E-state index in [1.54, 1.807) is 0 Å². The van der Waals surface area contributed by atoms with Crippen LogP contribution in [0.25, 0.3) is 0 Å². The van der Waals surface area contributed by atoms with E-state index in [4.69, 9.17) is 24.3 Å². The Morgan fingerprint density at radius 3 is 1.66 bits per heavy atom. The summed E-state index contributed by atoms with van der Waals surface area (Å²) in [5.41, 5.74) is 5.33. The Hall–Kier alpha value is -0.760. The summed E-state index contributed by atoms with van der Waals surface area (Å²) in [6.07, 6.45) is 32.5. The summed E-state index contributed by atoms with van der Waals surface area (Å²) >= 11 is 0. The van der Waals surface area contributed by atoms with Gasteiger partial charge in [0, 0.05) is 19.6 Å². The first-order valence-corrected chi connectivity index (χ1v) is 19.7. The second-order valence-corrected chi connectivity index (χ2v) is 13.5. The van der Waals surface area contributed by atoms with Gasteiger partial charge >= 0.3 is 13.8 Å². The molecule has 0 bridgehead atoms. The smallest absolute Gasteiger partial charge is 0.457 e. The molecule has 0 aliphatic carbocycles. The lowest BCUT2D eigenvalue weighted by molar-refractivity contribution is -0.154. The summed E-state index contributed by atoms with van der Waals surface area (Å²) in [4.78, 5) is 22.1. The molecule has 0 spiro atoms. The highest BCUT2D eigenvalue weighted by atomic mass is 31.2. The average molecular weight is 648 g/mol. The van der Waals surface area contributed by atoms with Crippen LogP contribution in [0.3, 0.4) is 0 Å². The second-order valence-electron chi connectivity index (χ2n) is 12.1. The van der Waals surface area contributed by atoms with E-state index in [9.17, 15) is 14.3 Å². The van der Waals surface area contributed by atoms with Gasteiger partial charge in [-0.3, -0.25) is 13.8 Å². The lowest BCUT2D eigenvalue weighted by Gasteiger charge is -2.20. The summed E-state index contributed by atoms with van der Waals surface area (Å²) in [6, 6.07) is 0. The molecule has 2 unspecified atom stereocenters. The quantitative estimate of drug-likeness (QED) is 0.0302. The standard InChI is InChI=1S/C35H70NO7P/c1-3-5-7-9-11-12-13-14-15-16-17-18-19-20-21-22-23-25-27-30-40-32-34(33-42-44(38,39)41-31-29-36)43-35(37)28-26-24-10-8-6-4-2/h15-16,34H,3-14,17-33,36H2,1-2H3,(H,38,39)/b16-15-. The number of rotatable bonds is 35. The van der Waals surface area contributed by atoms with Crippen LogP contribution in [0.5, 0.6) is 0 Å². The SMILES string of the molecule is CCCCCCCCC/C=C\CCCCCCCCCCOCC(COP(=O)(O)OCCN)OC(=O)CCCCCCCC. The maximum absolute atomic E-state index is 12.3. The Labute approximate surface area is 271 Å². The minimum atomic E-state index is -4.25. The van der Waals surface area contributed by atoms with E-state index >= 15 is 0 Å². The van der Waals surface area contributed by atoms with E-state index < -0.39 is 13.9 Å². The molecule has 2 atom stereocenters. The van der Waals surface area contributed by atoms with Crippen LogP contribution < -0.4 is 5.73 Å². The van der Waals surface area contributed by atoms with E-state index in [1.807, 2.05) is 0 Å². The first kappa shape index (κ1) is 43.2. The number of ether oxygens (including phenoxy) is 2. The number of esters is 1. The molecule has 44 heavy (non-hydrogen) atoms. The molecule has 0 fully saturated rings. The molecule has 0 radical (unpaired) electrons. The summed E-state index contributed by atoms with van der Waals surface area (Å²) in [5.74, 6) is -0.340. The highest BCUT2D eigenvalue weighted by Crippen LogP contribution is 2.43. The highest BCUT2D eigenvalue weighted by Gasteiger charge is 2.25. The van der Waals surface area contributed by atoms with Crippen molar-refractivity contribution in [3.63, 3.8) is 0 Å². The van der Waals surface area contributed by atoms with Crippen LogP contribution in [-0.2, 0) is 27.9 Å². The monoisotopic (exact) mass is 647 g/mol. The molecule has 9 heteroatoms. The van der Waals surface area contributed by atoms with Crippen LogP contribution in [0.15, 0.2) is 12.2 Å². The number of carbonyl (C=O) groups is 1. The molecule has 0 amide bonds. The Morgan fingerprint density at radius 1 is 0.659 bits per heavy atom. The van der Waals surface area contributed by atoms with Crippen molar-refractivity contribution >= 4 is 13.8 Å². The normalized spacial score (nSPS) is 13.8. The lowest BCUT2D eigenvalue weighted by Crippen LogP contribution is -2.28. The molecule has 0 aromatic heterocycles.